The molecule has 6 nitrogen and oxygen atoms in total. The Bertz CT molecular complexity index is 1080. The molecule has 0 spiro atoms. The topological polar surface area (TPSA) is 60.9 Å². The summed E-state index contributed by atoms with van der Waals surface area (Å²) < 4.78 is 17.6. The molecule has 3 aromatic heterocycles. The first-order valence-electron chi connectivity index (χ1n) is 7.66. The van der Waals surface area contributed by atoms with E-state index in [1.165, 1.54) is 17.4 Å². The zero-order chi connectivity index (χ0) is 17.7. The van der Waals surface area contributed by atoms with E-state index < -0.39 is 5.82 Å². The predicted octanol–water partition coefficient (Wildman–Crippen LogP) is 4.17. The Hall–Kier alpha value is -2.32. The molecule has 0 aliphatic rings. The van der Waals surface area contributed by atoms with Crippen LogP contribution in [-0.4, -0.2) is 29.6 Å². The Morgan fingerprint density at radius 3 is 2.64 bits per heavy atom. The number of aryl methyl sites for hydroxylation is 1. The smallest absolute Gasteiger partial charge is 0.235 e. The monoisotopic (exact) mass is 376 g/mol. The van der Waals surface area contributed by atoms with E-state index in [2.05, 4.69) is 34.2 Å². The SMILES string of the molecule is CC(C)c1cc(-c2nn3c(-c4ccc(Cl)cc4F)nnc3s2)n(C)n1. The highest BCUT2D eigenvalue weighted by molar-refractivity contribution is 7.19. The Balaban J connectivity index is 1.84. The highest BCUT2D eigenvalue weighted by atomic mass is 35.5. The molecule has 0 aliphatic heterocycles. The summed E-state index contributed by atoms with van der Waals surface area (Å²) in [4.78, 5) is 0.589. The molecule has 128 valence electrons. The maximum absolute atomic E-state index is 14.2. The van der Waals surface area contributed by atoms with Crippen molar-refractivity contribution < 1.29 is 4.39 Å². The van der Waals surface area contributed by atoms with E-state index in [1.807, 2.05) is 13.1 Å². The Labute approximate surface area is 151 Å². The molecule has 0 atom stereocenters. The van der Waals surface area contributed by atoms with Gasteiger partial charge in [0, 0.05) is 12.1 Å². The largest absolute Gasteiger partial charge is 0.265 e. The first kappa shape index (κ1) is 16.2. The van der Waals surface area contributed by atoms with Crippen LogP contribution in [0.25, 0.3) is 27.1 Å². The van der Waals surface area contributed by atoms with Crippen LogP contribution in [0.15, 0.2) is 24.3 Å². The average molecular weight is 377 g/mol. The van der Waals surface area contributed by atoms with Crippen molar-refractivity contribution in [2.75, 3.05) is 0 Å². The summed E-state index contributed by atoms with van der Waals surface area (Å²) in [6.07, 6.45) is 0. The van der Waals surface area contributed by atoms with Crippen LogP contribution in [0.4, 0.5) is 4.39 Å². The maximum atomic E-state index is 14.2. The van der Waals surface area contributed by atoms with Crippen LogP contribution < -0.4 is 0 Å². The molecular formula is C16H14ClFN6S. The molecule has 9 heteroatoms. The zero-order valence-corrected chi connectivity index (χ0v) is 15.3. The van der Waals surface area contributed by atoms with Crippen molar-refractivity contribution in [3.63, 3.8) is 0 Å². The number of halogens is 2. The lowest BCUT2D eigenvalue weighted by Crippen LogP contribution is -1.97. The van der Waals surface area contributed by atoms with Crippen molar-refractivity contribution in [2.45, 2.75) is 19.8 Å². The summed E-state index contributed by atoms with van der Waals surface area (Å²) >= 11 is 7.20. The van der Waals surface area contributed by atoms with E-state index in [1.54, 1.807) is 21.3 Å². The highest BCUT2D eigenvalue weighted by Gasteiger charge is 2.19. The Morgan fingerprint density at radius 2 is 1.96 bits per heavy atom. The minimum Gasteiger partial charge on any atom is -0.265 e. The third kappa shape index (κ3) is 2.71. The molecule has 0 fully saturated rings. The van der Waals surface area contributed by atoms with Gasteiger partial charge in [-0.2, -0.15) is 14.7 Å². The van der Waals surface area contributed by atoms with Gasteiger partial charge >= 0.3 is 0 Å². The molecule has 0 radical (unpaired) electrons. The standard InChI is InChI=1S/C16H14ClFN6S/c1-8(2)12-7-13(23(3)21-12)15-22-24-14(19-20-16(24)25-15)10-5-4-9(17)6-11(10)18/h4-8H,1-3H3. The molecule has 0 unspecified atom stereocenters. The maximum Gasteiger partial charge on any atom is 0.235 e. The fourth-order valence-corrected chi connectivity index (χ4v) is 3.58. The average Bonchev–Trinajstić information content (AvgIpc) is 3.21. The van der Waals surface area contributed by atoms with Gasteiger partial charge in [0.15, 0.2) is 10.8 Å². The molecule has 0 bridgehead atoms. The van der Waals surface area contributed by atoms with Gasteiger partial charge in [-0.3, -0.25) is 4.68 Å². The van der Waals surface area contributed by atoms with Crippen LogP contribution in [0.1, 0.15) is 25.5 Å². The minimum atomic E-state index is -0.459. The van der Waals surface area contributed by atoms with Crippen molar-refractivity contribution in [1.82, 2.24) is 29.6 Å². The fraction of sp³-hybridized carbons (Fsp3) is 0.250. The molecular weight excluding hydrogens is 363 g/mol. The lowest BCUT2D eigenvalue weighted by atomic mass is 10.1. The van der Waals surface area contributed by atoms with Gasteiger partial charge in [-0.25, -0.2) is 4.39 Å². The molecule has 3 heterocycles. The lowest BCUT2D eigenvalue weighted by molar-refractivity contribution is 0.629. The van der Waals surface area contributed by atoms with Crippen molar-refractivity contribution >= 4 is 27.9 Å². The van der Waals surface area contributed by atoms with Crippen molar-refractivity contribution in [1.29, 1.82) is 0 Å². The summed E-state index contributed by atoms with van der Waals surface area (Å²) in [7, 11) is 1.88. The van der Waals surface area contributed by atoms with Crippen molar-refractivity contribution in [2.24, 2.45) is 7.05 Å². The summed E-state index contributed by atoms with van der Waals surface area (Å²) in [6.45, 7) is 4.18. The van der Waals surface area contributed by atoms with Gasteiger partial charge in [0.1, 0.15) is 5.82 Å². The number of hydrogen-bond acceptors (Lipinski definition) is 5. The van der Waals surface area contributed by atoms with Crippen LogP contribution in [0.2, 0.25) is 5.02 Å². The number of benzene rings is 1. The molecule has 4 rings (SSSR count). The van der Waals surface area contributed by atoms with E-state index in [9.17, 15) is 4.39 Å². The molecule has 0 N–H and O–H groups in total. The summed E-state index contributed by atoms with van der Waals surface area (Å²) in [6, 6.07) is 6.46. The minimum absolute atomic E-state index is 0.307. The van der Waals surface area contributed by atoms with Gasteiger partial charge in [0.05, 0.1) is 17.0 Å². The molecule has 0 saturated heterocycles. The van der Waals surface area contributed by atoms with E-state index in [0.29, 0.717) is 27.3 Å². The van der Waals surface area contributed by atoms with Gasteiger partial charge < -0.3 is 0 Å². The lowest BCUT2D eigenvalue weighted by Gasteiger charge is -2.00. The second-order valence-corrected chi connectivity index (χ2v) is 7.37. The number of hydrogen-bond donors (Lipinski definition) is 0. The van der Waals surface area contributed by atoms with Crippen LogP contribution >= 0.6 is 22.9 Å². The molecule has 4 aromatic rings. The molecule has 0 saturated carbocycles. The van der Waals surface area contributed by atoms with Gasteiger partial charge in [0.2, 0.25) is 4.96 Å². The van der Waals surface area contributed by atoms with Gasteiger partial charge in [0.25, 0.3) is 0 Å². The Morgan fingerprint density at radius 1 is 1.16 bits per heavy atom. The molecule has 25 heavy (non-hydrogen) atoms. The third-order valence-corrected chi connectivity index (χ3v) is 5.03. The summed E-state index contributed by atoms with van der Waals surface area (Å²) in [5, 5.41) is 18.3. The number of nitrogens with zero attached hydrogens (tertiary/aromatic N) is 6. The fourth-order valence-electron chi connectivity index (χ4n) is 2.53. The van der Waals surface area contributed by atoms with Crippen molar-refractivity contribution in [3.8, 4) is 22.1 Å². The number of fused-ring (bicyclic) bond motifs is 1. The first-order valence-corrected chi connectivity index (χ1v) is 8.85. The summed E-state index contributed by atoms with van der Waals surface area (Å²) in [5.74, 6) is 0.210. The number of aromatic nitrogens is 6. The second kappa shape index (κ2) is 5.89. The van der Waals surface area contributed by atoms with Crippen LogP contribution in [0.3, 0.4) is 0 Å². The van der Waals surface area contributed by atoms with E-state index in [0.717, 1.165) is 16.4 Å². The number of rotatable bonds is 3. The highest BCUT2D eigenvalue weighted by Crippen LogP contribution is 2.30. The van der Waals surface area contributed by atoms with Crippen LogP contribution in [0, 0.1) is 5.82 Å². The van der Waals surface area contributed by atoms with Crippen molar-refractivity contribution in [3.05, 3.63) is 40.8 Å². The summed E-state index contributed by atoms with van der Waals surface area (Å²) in [5.41, 5.74) is 2.19. The quantitative estimate of drug-likeness (QED) is 0.538. The third-order valence-electron chi connectivity index (χ3n) is 3.87. The van der Waals surface area contributed by atoms with E-state index >= 15 is 0 Å². The molecule has 1 aromatic carbocycles. The normalized spacial score (nSPS) is 11.8. The second-order valence-electron chi connectivity index (χ2n) is 5.98. The van der Waals surface area contributed by atoms with E-state index in [-0.39, 0.29) is 0 Å². The molecule has 0 aliphatic carbocycles. The molecule has 0 amide bonds. The van der Waals surface area contributed by atoms with Gasteiger partial charge in [-0.15, -0.1) is 10.2 Å². The Kier molecular flexibility index (Phi) is 3.81. The zero-order valence-electron chi connectivity index (χ0n) is 13.7. The van der Waals surface area contributed by atoms with Crippen LogP contribution in [0.5, 0.6) is 0 Å². The van der Waals surface area contributed by atoms with Gasteiger partial charge in [-0.05, 0) is 30.2 Å². The predicted molar refractivity (Wildman–Crippen MR) is 95.4 cm³/mol. The van der Waals surface area contributed by atoms with E-state index in [4.69, 9.17) is 11.6 Å². The van der Waals surface area contributed by atoms with Gasteiger partial charge in [-0.1, -0.05) is 36.8 Å². The first-order chi connectivity index (χ1) is 11.9. The van der Waals surface area contributed by atoms with Crippen LogP contribution in [-0.2, 0) is 7.05 Å².